The number of nitrogens with one attached hydrogen (secondary N) is 1. The standard InChI is InChI=1S/C26H41N3O2/c1-7-22(8-2)24(30)28-11-9-26(10-12-28)27-23(13-18(3)4)25(31)29(26)17-21-15-19(5)14-20(6)16-21/h14-16,18,22-23,27H,7-13,17H2,1-6H3. The first-order valence-electron chi connectivity index (χ1n) is 12.1. The molecule has 1 aromatic rings. The molecule has 0 radical (unpaired) electrons. The van der Waals surface area contributed by atoms with Gasteiger partial charge in [-0.3, -0.25) is 14.9 Å². The normalized spacial score (nSPS) is 21.0. The highest BCUT2D eigenvalue weighted by Crippen LogP contribution is 2.36. The maximum atomic E-state index is 13.5. The Bertz CT molecular complexity index is 772. The fourth-order valence-electron chi connectivity index (χ4n) is 5.47. The van der Waals surface area contributed by atoms with Crippen LogP contribution >= 0.6 is 0 Å². The summed E-state index contributed by atoms with van der Waals surface area (Å²) >= 11 is 0. The Morgan fingerprint density at radius 2 is 1.68 bits per heavy atom. The highest BCUT2D eigenvalue weighted by molar-refractivity contribution is 5.85. The first-order valence-corrected chi connectivity index (χ1v) is 12.1. The number of nitrogens with zero attached hydrogens (tertiary/aromatic N) is 2. The summed E-state index contributed by atoms with van der Waals surface area (Å²) in [5.74, 6) is 1.07. The first kappa shape index (κ1) is 23.8. The Labute approximate surface area is 188 Å². The number of carbonyl (C=O) groups excluding carboxylic acids is 2. The minimum atomic E-state index is -0.348. The fraction of sp³-hybridized carbons (Fsp3) is 0.692. The van der Waals surface area contributed by atoms with E-state index in [1.165, 1.54) is 16.7 Å². The van der Waals surface area contributed by atoms with Crippen LogP contribution in [0.3, 0.4) is 0 Å². The van der Waals surface area contributed by atoms with Crippen molar-refractivity contribution < 1.29 is 9.59 Å². The van der Waals surface area contributed by atoms with Gasteiger partial charge in [0.05, 0.1) is 11.7 Å². The average Bonchev–Trinajstić information content (AvgIpc) is 2.93. The molecule has 3 rings (SSSR count). The molecule has 2 heterocycles. The van der Waals surface area contributed by atoms with Crippen LogP contribution in [-0.2, 0) is 16.1 Å². The molecular formula is C26H41N3O2. The number of amides is 2. The summed E-state index contributed by atoms with van der Waals surface area (Å²) in [6.07, 6.45) is 4.22. The summed E-state index contributed by atoms with van der Waals surface area (Å²) in [4.78, 5) is 30.5. The Morgan fingerprint density at radius 3 is 2.19 bits per heavy atom. The maximum absolute atomic E-state index is 13.5. The van der Waals surface area contributed by atoms with Gasteiger partial charge in [-0.1, -0.05) is 57.0 Å². The van der Waals surface area contributed by atoms with Crippen molar-refractivity contribution in [3.63, 3.8) is 0 Å². The summed E-state index contributed by atoms with van der Waals surface area (Å²) in [7, 11) is 0. The van der Waals surface area contributed by atoms with Gasteiger partial charge < -0.3 is 9.80 Å². The van der Waals surface area contributed by atoms with E-state index in [4.69, 9.17) is 0 Å². The van der Waals surface area contributed by atoms with Crippen molar-refractivity contribution in [2.45, 2.75) is 91.9 Å². The average molecular weight is 428 g/mol. The third-order valence-electron chi connectivity index (χ3n) is 7.09. The van der Waals surface area contributed by atoms with E-state index in [-0.39, 0.29) is 29.4 Å². The van der Waals surface area contributed by atoms with Gasteiger partial charge in [-0.2, -0.15) is 0 Å². The Hall–Kier alpha value is -1.88. The van der Waals surface area contributed by atoms with E-state index in [2.05, 4.69) is 70.0 Å². The molecule has 1 atom stereocenters. The van der Waals surface area contributed by atoms with Crippen molar-refractivity contribution in [3.8, 4) is 0 Å². The maximum Gasteiger partial charge on any atom is 0.241 e. The minimum Gasteiger partial charge on any atom is -0.342 e. The van der Waals surface area contributed by atoms with Gasteiger partial charge in [-0.05, 0) is 44.6 Å². The van der Waals surface area contributed by atoms with Crippen LogP contribution in [0, 0.1) is 25.7 Å². The predicted octanol–water partition coefficient (Wildman–Crippen LogP) is 4.40. The quantitative estimate of drug-likeness (QED) is 0.701. The van der Waals surface area contributed by atoms with Gasteiger partial charge >= 0.3 is 0 Å². The third-order valence-corrected chi connectivity index (χ3v) is 7.09. The van der Waals surface area contributed by atoms with Gasteiger partial charge in [-0.25, -0.2) is 0 Å². The molecule has 0 bridgehead atoms. The van der Waals surface area contributed by atoms with Crippen LogP contribution < -0.4 is 5.32 Å². The molecule has 2 aliphatic heterocycles. The molecule has 0 aromatic heterocycles. The molecule has 1 N–H and O–H groups in total. The summed E-state index contributed by atoms with van der Waals surface area (Å²) in [5.41, 5.74) is 3.30. The van der Waals surface area contributed by atoms with Crippen molar-refractivity contribution in [1.29, 1.82) is 0 Å². The minimum absolute atomic E-state index is 0.118. The van der Waals surface area contributed by atoms with E-state index in [0.717, 1.165) is 32.1 Å². The van der Waals surface area contributed by atoms with Crippen molar-refractivity contribution in [1.82, 2.24) is 15.1 Å². The molecule has 5 nitrogen and oxygen atoms in total. The van der Waals surface area contributed by atoms with Gasteiger partial charge in [0.25, 0.3) is 0 Å². The largest absolute Gasteiger partial charge is 0.342 e. The number of carbonyl (C=O) groups is 2. The molecule has 2 fully saturated rings. The molecule has 1 spiro atoms. The lowest BCUT2D eigenvalue weighted by atomic mass is 9.93. The van der Waals surface area contributed by atoms with Crippen molar-refractivity contribution in [2.24, 2.45) is 11.8 Å². The van der Waals surface area contributed by atoms with Crippen LogP contribution in [-0.4, -0.2) is 46.4 Å². The number of piperidine rings is 1. The third kappa shape index (κ3) is 5.14. The Balaban J connectivity index is 1.82. The van der Waals surface area contributed by atoms with E-state index >= 15 is 0 Å². The lowest BCUT2D eigenvalue weighted by Gasteiger charge is -2.45. The molecule has 2 aliphatic rings. The highest BCUT2D eigenvalue weighted by atomic mass is 16.2. The van der Waals surface area contributed by atoms with Crippen LogP contribution in [0.4, 0.5) is 0 Å². The van der Waals surface area contributed by atoms with Gasteiger partial charge in [0, 0.05) is 38.4 Å². The molecule has 0 saturated carbocycles. The highest BCUT2D eigenvalue weighted by Gasteiger charge is 2.51. The van der Waals surface area contributed by atoms with E-state index in [1.807, 2.05) is 4.90 Å². The topological polar surface area (TPSA) is 52.7 Å². The van der Waals surface area contributed by atoms with Crippen LogP contribution in [0.2, 0.25) is 0 Å². The van der Waals surface area contributed by atoms with Crippen molar-refractivity contribution in [2.75, 3.05) is 13.1 Å². The summed E-state index contributed by atoms with van der Waals surface area (Å²) in [6, 6.07) is 6.42. The van der Waals surface area contributed by atoms with Crippen LogP contribution in [0.15, 0.2) is 18.2 Å². The molecule has 5 heteroatoms. The molecule has 172 valence electrons. The lowest BCUT2D eigenvalue weighted by molar-refractivity contribution is -0.140. The zero-order valence-corrected chi connectivity index (χ0v) is 20.3. The van der Waals surface area contributed by atoms with Crippen molar-refractivity contribution in [3.05, 3.63) is 34.9 Å². The zero-order valence-electron chi connectivity index (χ0n) is 20.3. The smallest absolute Gasteiger partial charge is 0.241 e. The van der Waals surface area contributed by atoms with Gasteiger partial charge in [0.2, 0.25) is 11.8 Å². The molecular weight excluding hydrogens is 386 g/mol. The Kier molecular flexibility index (Phi) is 7.46. The monoisotopic (exact) mass is 427 g/mol. The van der Waals surface area contributed by atoms with E-state index in [1.54, 1.807) is 0 Å². The van der Waals surface area contributed by atoms with Gasteiger partial charge in [0.15, 0.2) is 0 Å². The van der Waals surface area contributed by atoms with E-state index < -0.39 is 0 Å². The number of hydrogen-bond donors (Lipinski definition) is 1. The van der Waals surface area contributed by atoms with Crippen LogP contribution in [0.25, 0.3) is 0 Å². The summed E-state index contributed by atoms with van der Waals surface area (Å²) in [6.45, 7) is 14.8. The van der Waals surface area contributed by atoms with E-state index in [0.29, 0.717) is 25.6 Å². The summed E-state index contributed by atoms with van der Waals surface area (Å²) in [5, 5.41) is 3.74. The molecule has 1 unspecified atom stereocenters. The first-order chi connectivity index (χ1) is 14.7. The number of benzene rings is 1. The second-order valence-corrected chi connectivity index (χ2v) is 10.1. The lowest BCUT2D eigenvalue weighted by Crippen LogP contribution is -2.59. The molecule has 2 amide bonds. The SMILES string of the molecule is CCC(CC)C(=O)N1CCC2(CC1)NC(CC(C)C)C(=O)N2Cc1cc(C)cc(C)c1. The van der Waals surface area contributed by atoms with Gasteiger partial charge in [-0.15, -0.1) is 0 Å². The van der Waals surface area contributed by atoms with Gasteiger partial charge in [0.1, 0.15) is 0 Å². The molecule has 2 saturated heterocycles. The number of hydrogen-bond acceptors (Lipinski definition) is 3. The number of aryl methyl sites for hydroxylation is 2. The second kappa shape index (κ2) is 9.72. The van der Waals surface area contributed by atoms with Crippen molar-refractivity contribution >= 4 is 11.8 Å². The molecule has 0 aliphatic carbocycles. The van der Waals surface area contributed by atoms with Crippen LogP contribution in [0.1, 0.15) is 76.5 Å². The zero-order chi connectivity index (χ0) is 22.8. The molecule has 31 heavy (non-hydrogen) atoms. The number of likely N-dealkylation sites (tertiary alicyclic amines) is 1. The van der Waals surface area contributed by atoms with Crippen LogP contribution in [0.5, 0.6) is 0 Å². The number of rotatable bonds is 7. The molecule has 1 aromatic carbocycles. The fourth-order valence-corrected chi connectivity index (χ4v) is 5.47. The van der Waals surface area contributed by atoms with E-state index in [9.17, 15) is 9.59 Å². The second-order valence-electron chi connectivity index (χ2n) is 10.1. The summed E-state index contributed by atoms with van der Waals surface area (Å²) < 4.78 is 0. The predicted molar refractivity (Wildman–Crippen MR) is 125 cm³/mol. The Morgan fingerprint density at radius 1 is 1.10 bits per heavy atom.